The van der Waals surface area contributed by atoms with Gasteiger partial charge in [0.1, 0.15) is 0 Å². The van der Waals surface area contributed by atoms with Crippen molar-refractivity contribution in [3.8, 4) is 0 Å². The minimum Gasteiger partial charge on any atom is -0.147 e. The van der Waals surface area contributed by atoms with Crippen molar-refractivity contribution in [2.45, 2.75) is 18.6 Å². The van der Waals surface area contributed by atoms with Gasteiger partial charge >= 0.3 is 35.1 Å². The van der Waals surface area contributed by atoms with Crippen LogP contribution in [-0.2, 0) is 0 Å². The van der Waals surface area contributed by atoms with Crippen LogP contribution < -0.4 is 0 Å². The fourth-order valence-corrected chi connectivity index (χ4v) is 0. The van der Waals surface area contributed by atoms with Crippen LogP contribution in [0, 0.1) is 0 Å². The fourth-order valence-electron chi connectivity index (χ4n) is 0. The quantitative estimate of drug-likeness (QED) is 0.449. The van der Waals surface area contributed by atoms with E-state index < -0.39 is 0 Å². The SMILES string of the molecule is C[CH](C)[GeH3].Cl. The monoisotopic (exact) mass is 156 g/mol. The second-order valence-electron chi connectivity index (χ2n) is 1.73. The van der Waals surface area contributed by atoms with E-state index in [0.29, 0.717) is 0 Å². The molecule has 0 amide bonds. The minimum absolute atomic E-state index is 0. The maximum Gasteiger partial charge on any atom is -0.147 e. The molecule has 0 rings (SSSR count). The predicted molar refractivity (Wildman–Crippen MR) is 32.3 cm³/mol. The Morgan fingerprint density at radius 2 is 1.40 bits per heavy atom. The normalized spacial score (nSPS) is 7.80. The van der Waals surface area contributed by atoms with Crippen LogP contribution in [-0.4, -0.2) is 16.5 Å². The van der Waals surface area contributed by atoms with Crippen molar-refractivity contribution in [2.75, 3.05) is 0 Å². The molecule has 0 radical (unpaired) electrons. The van der Waals surface area contributed by atoms with Crippen LogP contribution in [0.3, 0.4) is 0 Å². The largest absolute Gasteiger partial charge is 0.147 e. The number of rotatable bonds is 0. The van der Waals surface area contributed by atoms with Crippen LogP contribution in [0.2, 0.25) is 4.75 Å². The van der Waals surface area contributed by atoms with Gasteiger partial charge in [0.15, 0.2) is 0 Å². The van der Waals surface area contributed by atoms with E-state index in [1.165, 1.54) is 0 Å². The molecule has 0 aliphatic carbocycles. The van der Waals surface area contributed by atoms with Crippen molar-refractivity contribution in [1.29, 1.82) is 0 Å². The summed E-state index contributed by atoms with van der Waals surface area (Å²) < 4.78 is 1.02. The zero-order chi connectivity index (χ0) is 3.58. The van der Waals surface area contributed by atoms with Gasteiger partial charge in [-0.2, -0.15) is 0 Å². The first-order valence-electron chi connectivity index (χ1n) is 1.73. The minimum atomic E-state index is 0. The molecule has 0 saturated carbocycles. The number of halogens is 1. The summed E-state index contributed by atoms with van der Waals surface area (Å²) >= 11 is 1.06. The first-order chi connectivity index (χ1) is 1.73. The third-order valence-electron chi connectivity index (χ3n) is 0. The molecular formula is C3H11ClGe. The Kier molecular flexibility index (Phi) is 8.96. The Morgan fingerprint density at radius 1 is 1.40 bits per heavy atom. The average Bonchev–Trinajstić information content (AvgIpc) is 0.811. The fraction of sp³-hybridized carbons (Fsp3) is 1.00. The Bertz CT molecular complexity index is 11.6. The van der Waals surface area contributed by atoms with Gasteiger partial charge in [-0.05, 0) is 0 Å². The molecule has 0 atom stereocenters. The van der Waals surface area contributed by atoms with Crippen molar-refractivity contribution in [3.63, 3.8) is 0 Å². The molecule has 0 aliphatic rings. The molecule has 0 aliphatic heterocycles. The van der Waals surface area contributed by atoms with Crippen LogP contribution in [0.4, 0.5) is 0 Å². The van der Waals surface area contributed by atoms with Gasteiger partial charge in [0, 0.05) is 0 Å². The van der Waals surface area contributed by atoms with E-state index in [0.717, 1.165) is 21.3 Å². The molecular weight excluding hydrogens is 144 g/mol. The van der Waals surface area contributed by atoms with E-state index >= 15 is 0 Å². The smallest absolute Gasteiger partial charge is 0.147 e. The molecule has 0 heterocycles. The zero-order valence-electron chi connectivity index (χ0n) is 3.99. The molecule has 0 fully saturated rings. The Labute approximate surface area is 48.0 Å². The summed E-state index contributed by atoms with van der Waals surface area (Å²) in [5, 5.41) is 0. The standard InChI is InChI=1S/C3H10Ge.ClH/c1-3(2)4;/h3H,1-2,4H3;1H. The average molecular weight is 155 g/mol. The molecule has 0 unspecified atom stereocenters. The van der Waals surface area contributed by atoms with Crippen molar-refractivity contribution in [3.05, 3.63) is 0 Å². The van der Waals surface area contributed by atoms with Gasteiger partial charge in [0.25, 0.3) is 0 Å². The van der Waals surface area contributed by atoms with Crippen LogP contribution >= 0.6 is 12.4 Å². The van der Waals surface area contributed by atoms with Crippen LogP contribution in [0.25, 0.3) is 0 Å². The third kappa shape index (κ3) is 55.9. The van der Waals surface area contributed by atoms with E-state index in [1.54, 1.807) is 0 Å². The molecule has 0 aromatic rings. The zero-order valence-corrected chi connectivity index (χ0v) is 9.00. The van der Waals surface area contributed by atoms with Crippen LogP contribution in [0.1, 0.15) is 13.8 Å². The first-order valence-corrected chi connectivity index (χ1v) is 4.15. The molecule has 34 valence electrons. The first kappa shape index (κ1) is 9.27. The topological polar surface area (TPSA) is 0 Å². The Morgan fingerprint density at radius 3 is 1.40 bits per heavy atom. The van der Waals surface area contributed by atoms with Gasteiger partial charge in [-0.1, -0.05) is 0 Å². The molecule has 0 aromatic heterocycles. The summed E-state index contributed by atoms with van der Waals surface area (Å²) in [6.45, 7) is 4.50. The molecule has 0 aromatic carbocycles. The second-order valence-corrected chi connectivity index (χ2v) is 6.58. The molecule has 0 bridgehead atoms. The van der Waals surface area contributed by atoms with E-state index in [1.807, 2.05) is 0 Å². The van der Waals surface area contributed by atoms with Crippen molar-refractivity contribution < 1.29 is 0 Å². The second kappa shape index (κ2) is 4.83. The van der Waals surface area contributed by atoms with Gasteiger partial charge in [-0.15, -0.1) is 12.4 Å². The van der Waals surface area contributed by atoms with Gasteiger partial charge in [0.05, 0.1) is 0 Å². The maximum atomic E-state index is 2.25. The Balaban J connectivity index is 0. The predicted octanol–water partition coefficient (Wildman–Crippen LogP) is 0.602. The molecule has 0 spiro atoms. The summed E-state index contributed by atoms with van der Waals surface area (Å²) in [6, 6.07) is 0. The summed E-state index contributed by atoms with van der Waals surface area (Å²) in [6.07, 6.45) is 0. The molecule has 0 nitrogen and oxygen atoms in total. The summed E-state index contributed by atoms with van der Waals surface area (Å²) in [7, 11) is 0. The van der Waals surface area contributed by atoms with Gasteiger partial charge in [-0.3, -0.25) is 0 Å². The van der Waals surface area contributed by atoms with Crippen molar-refractivity contribution in [1.82, 2.24) is 0 Å². The molecule has 5 heavy (non-hydrogen) atoms. The maximum absolute atomic E-state index is 2.25. The van der Waals surface area contributed by atoms with E-state index in [-0.39, 0.29) is 12.4 Å². The van der Waals surface area contributed by atoms with E-state index in [9.17, 15) is 0 Å². The molecule has 0 N–H and O–H groups in total. The van der Waals surface area contributed by atoms with Gasteiger partial charge in [0.2, 0.25) is 0 Å². The van der Waals surface area contributed by atoms with E-state index in [2.05, 4.69) is 13.8 Å². The summed E-state index contributed by atoms with van der Waals surface area (Å²) in [5.41, 5.74) is 0. The molecule has 2 heteroatoms. The summed E-state index contributed by atoms with van der Waals surface area (Å²) in [5.74, 6) is 0. The number of hydrogen-bond acceptors (Lipinski definition) is 0. The number of hydrogen-bond donors (Lipinski definition) is 0. The van der Waals surface area contributed by atoms with Gasteiger partial charge in [-0.25, -0.2) is 0 Å². The van der Waals surface area contributed by atoms with Crippen molar-refractivity contribution in [2.24, 2.45) is 0 Å². The van der Waals surface area contributed by atoms with Crippen LogP contribution in [0.15, 0.2) is 0 Å². The van der Waals surface area contributed by atoms with Gasteiger partial charge < -0.3 is 0 Å². The molecule has 0 saturated heterocycles. The third-order valence-corrected chi connectivity index (χ3v) is 0. The Hall–Kier alpha value is 0.833. The van der Waals surface area contributed by atoms with E-state index in [4.69, 9.17) is 0 Å². The van der Waals surface area contributed by atoms with Crippen LogP contribution in [0.5, 0.6) is 0 Å². The summed E-state index contributed by atoms with van der Waals surface area (Å²) in [4.78, 5) is 0. The van der Waals surface area contributed by atoms with Crippen molar-refractivity contribution >= 4 is 28.9 Å².